The summed E-state index contributed by atoms with van der Waals surface area (Å²) in [6, 6.07) is 6.74. The first-order valence-corrected chi connectivity index (χ1v) is 11.9. The van der Waals surface area contributed by atoms with E-state index in [-0.39, 0.29) is 41.3 Å². The van der Waals surface area contributed by atoms with Gasteiger partial charge in [0.1, 0.15) is 18.1 Å². The summed E-state index contributed by atoms with van der Waals surface area (Å²) < 4.78 is 21.3. The Kier molecular flexibility index (Phi) is 7.40. The van der Waals surface area contributed by atoms with Crippen molar-refractivity contribution in [2.24, 2.45) is 11.8 Å². The molecule has 2 heterocycles. The Bertz CT molecular complexity index is 1330. The van der Waals surface area contributed by atoms with Crippen LogP contribution in [-0.2, 0) is 28.6 Å². The summed E-state index contributed by atoms with van der Waals surface area (Å²) in [6.07, 6.45) is 1.64. The lowest BCUT2D eigenvalue weighted by Gasteiger charge is -2.37. The average Bonchev–Trinajstić information content (AvgIpc) is 2.86. The van der Waals surface area contributed by atoms with Crippen LogP contribution in [0.4, 0.5) is 0 Å². The molecule has 36 heavy (non-hydrogen) atoms. The zero-order chi connectivity index (χ0) is 26.0. The third-order valence-electron chi connectivity index (χ3n) is 6.65. The topological polar surface area (TPSA) is 121 Å². The summed E-state index contributed by atoms with van der Waals surface area (Å²) in [5.41, 5.74) is 1.44. The van der Waals surface area contributed by atoms with Gasteiger partial charge in [0.25, 0.3) is 0 Å². The molecule has 3 atom stereocenters. The number of carbonyl (C=O) groups is 3. The number of esters is 2. The third-order valence-corrected chi connectivity index (χ3v) is 6.65. The van der Waals surface area contributed by atoms with E-state index in [0.717, 1.165) is 0 Å². The van der Waals surface area contributed by atoms with Crippen LogP contribution in [0, 0.1) is 11.8 Å². The quantitative estimate of drug-likeness (QED) is 0.351. The molecule has 0 saturated heterocycles. The van der Waals surface area contributed by atoms with Crippen molar-refractivity contribution in [3.63, 3.8) is 0 Å². The van der Waals surface area contributed by atoms with Crippen molar-refractivity contribution in [3.8, 4) is 0 Å². The highest BCUT2D eigenvalue weighted by Crippen LogP contribution is 2.45. The predicted octanol–water partition coefficient (Wildman–Crippen LogP) is 2.99. The summed E-state index contributed by atoms with van der Waals surface area (Å²) in [5, 5.41) is 3.49. The van der Waals surface area contributed by atoms with E-state index >= 15 is 0 Å². The third kappa shape index (κ3) is 4.46. The van der Waals surface area contributed by atoms with Crippen LogP contribution in [0.1, 0.15) is 38.7 Å². The van der Waals surface area contributed by atoms with Gasteiger partial charge in [0.15, 0.2) is 11.2 Å². The molecule has 9 heteroatoms. The SMILES string of the molecule is CCOCCOC(=O)C1=C(C)NC2=C(C(=O)[C@@H](C(=O)OC)[C@H](C)C2)[C@@H]1c1coc2ccccc2c1=O. The van der Waals surface area contributed by atoms with Crippen LogP contribution in [-0.4, -0.2) is 44.7 Å². The van der Waals surface area contributed by atoms with Gasteiger partial charge in [-0.05, 0) is 38.3 Å². The second-order valence-corrected chi connectivity index (χ2v) is 8.88. The molecule has 0 radical (unpaired) electrons. The van der Waals surface area contributed by atoms with E-state index in [1.54, 1.807) is 38.1 Å². The average molecular weight is 496 g/mol. The van der Waals surface area contributed by atoms with Gasteiger partial charge in [0, 0.05) is 29.1 Å². The Balaban J connectivity index is 1.88. The molecule has 0 bridgehead atoms. The van der Waals surface area contributed by atoms with Gasteiger partial charge in [-0.1, -0.05) is 19.1 Å². The Morgan fingerprint density at radius 2 is 1.92 bits per heavy atom. The minimum Gasteiger partial charge on any atom is -0.468 e. The summed E-state index contributed by atoms with van der Waals surface area (Å²) >= 11 is 0. The molecule has 1 aromatic heterocycles. The number of carbonyl (C=O) groups excluding carboxylic acids is 3. The maximum atomic E-state index is 13.8. The number of dihydropyridines is 1. The van der Waals surface area contributed by atoms with E-state index in [1.807, 2.05) is 6.92 Å². The monoisotopic (exact) mass is 495 g/mol. The van der Waals surface area contributed by atoms with Crippen LogP contribution in [0.25, 0.3) is 11.0 Å². The van der Waals surface area contributed by atoms with Crippen LogP contribution >= 0.6 is 0 Å². The van der Waals surface area contributed by atoms with E-state index in [9.17, 15) is 19.2 Å². The largest absolute Gasteiger partial charge is 0.468 e. The zero-order valence-electron chi connectivity index (χ0n) is 20.7. The molecule has 190 valence electrons. The molecule has 2 aliphatic rings. The number of methoxy groups -OCH3 is 1. The van der Waals surface area contributed by atoms with Crippen molar-refractivity contribution in [2.75, 3.05) is 26.9 Å². The number of para-hydroxylation sites is 1. The number of nitrogens with one attached hydrogen (secondary N) is 1. The molecule has 0 amide bonds. The zero-order valence-corrected chi connectivity index (χ0v) is 20.7. The highest BCUT2D eigenvalue weighted by molar-refractivity contribution is 6.12. The van der Waals surface area contributed by atoms with Gasteiger partial charge in [-0.25, -0.2) is 4.79 Å². The van der Waals surface area contributed by atoms with Crippen LogP contribution in [0.2, 0.25) is 0 Å². The number of ether oxygens (including phenoxy) is 3. The molecule has 1 N–H and O–H groups in total. The van der Waals surface area contributed by atoms with Gasteiger partial charge < -0.3 is 23.9 Å². The predicted molar refractivity (Wildman–Crippen MR) is 130 cm³/mol. The number of allylic oxidation sites excluding steroid dienone is 3. The van der Waals surface area contributed by atoms with Crippen LogP contribution in [0.3, 0.4) is 0 Å². The van der Waals surface area contributed by atoms with Crippen LogP contribution in [0.5, 0.6) is 0 Å². The van der Waals surface area contributed by atoms with Gasteiger partial charge >= 0.3 is 11.9 Å². The van der Waals surface area contributed by atoms with Crippen molar-refractivity contribution < 1.29 is 33.0 Å². The molecular weight excluding hydrogens is 466 g/mol. The Hall–Kier alpha value is -3.72. The van der Waals surface area contributed by atoms with Crippen molar-refractivity contribution in [3.05, 3.63) is 68.9 Å². The second kappa shape index (κ2) is 10.5. The lowest BCUT2D eigenvalue weighted by atomic mass is 9.69. The summed E-state index contributed by atoms with van der Waals surface area (Å²) in [6.45, 7) is 6.00. The van der Waals surface area contributed by atoms with E-state index in [1.165, 1.54) is 13.4 Å². The lowest BCUT2D eigenvalue weighted by molar-refractivity contribution is -0.151. The fourth-order valence-electron chi connectivity index (χ4n) is 4.97. The molecule has 0 saturated carbocycles. The van der Waals surface area contributed by atoms with Crippen molar-refractivity contribution in [2.45, 2.75) is 33.1 Å². The van der Waals surface area contributed by atoms with Crippen molar-refractivity contribution >= 4 is 28.7 Å². The fraction of sp³-hybridized carbons (Fsp3) is 0.407. The Morgan fingerprint density at radius 1 is 1.17 bits per heavy atom. The summed E-state index contributed by atoms with van der Waals surface area (Å²) in [7, 11) is 1.23. The number of rotatable bonds is 7. The van der Waals surface area contributed by atoms with Crippen LogP contribution in [0.15, 0.2) is 62.3 Å². The van der Waals surface area contributed by atoms with E-state index in [0.29, 0.717) is 35.4 Å². The first kappa shape index (κ1) is 25.4. The van der Waals surface area contributed by atoms with Gasteiger partial charge in [0.2, 0.25) is 0 Å². The molecule has 1 aromatic carbocycles. The van der Waals surface area contributed by atoms with E-state index in [2.05, 4.69) is 5.32 Å². The number of fused-ring (bicyclic) bond motifs is 1. The number of benzene rings is 1. The van der Waals surface area contributed by atoms with Gasteiger partial charge in [-0.2, -0.15) is 0 Å². The number of hydrogen-bond donors (Lipinski definition) is 1. The molecule has 4 rings (SSSR count). The standard InChI is InChI=1S/C27H29NO8/c1-5-34-10-11-35-27(32)21-15(3)28-18-12-14(2)20(26(31)33-4)25(30)23(18)22(21)17-13-36-19-9-7-6-8-16(19)24(17)29/h6-9,13-14,20,22,28H,5,10-12H2,1-4H3/t14-,20+,22-/m1/s1. The molecule has 0 fully saturated rings. The lowest BCUT2D eigenvalue weighted by Crippen LogP contribution is -2.44. The van der Waals surface area contributed by atoms with E-state index in [4.69, 9.17) is 18.6 Å². The van der Waals surface area contributed by atoms with Crippen molar-refractivity contribution in [1.82, 2.24) is 5.32 Å². The highest BCUT2D eigenvalue weighted by Gasteiger charge is 2.48. The molecule has 0 spiro atoms. The minimum atomic E-state index is -1.08. The molecular formula is C27H29NO8. The first-order valence-electron chi connectivity index (χ1n) is 11.9. The minimum absolute atomic E-state index is 0.00414. The smallest absolute Gasteiger partial charge is 0.336 e. The van der Waals surface area contributed by atoms with Crippen molar-refractivity contribution in [1.29, 1.82) is 0 Å². The number of Topliss-reactive ketones (excluding diaryl/α,β-unsaturated/α-hetero) is 1. The normalized spacial score (nSPS) is 21.8. The van der Waals surface area contributed by atoms with Crippen LogP contribution < -0.4 is 10.7 Å². The molecule has 0 unspecified atom stereocenters. The summed E-state index contributed by atoms with van der Waals surface area (Å²) in [4.78, 5) is 53.3. The van der Waals surface area contributed by atoms with Gasteiger partial charge in [-0.15, -0.1) is 0 Å². The van der Waals surface area contributed by atoms with Gasteiger partial charge in [-0.3, -0.25) is 14.4 Å². The molecule has 1 aliphatic carbocycles. The molecule has 9 nitrogen and oxygen atoms in total. The Labute approximate surface area is 208 Å². The highest BCUT2D eigenvalue weighted by atomic mass is 16.6. The molecule has 1 aliphatic heterocycles. The maximum absolute atomic E-state index is 13.8. The fourth-order valence-corrected chi connectivity index (χ4v) is 4.97. The first-order chi connectivity index (χ1) is 17.3. The molecule has 2 aromatic rings. The number of ketones is 1. The Morgan fingerprint density at radius 3 is 2.64 bits per heavy atom. The summed E-state index contributed by atoms with van der Waals surface area (Å²) in [5.74, 6) is -4.31. The number of hydrogen-bond acceptors (Lipinski definition) is 9. The van der Waals surface area contributed by atoms with Gasteiger partial charge in [0.05, 0.1) is 36.9 Å². The maximum Gasteiger partial charge on any atom is 0.336 e. The second-order valence-electron chi connectivity index (χ2n) is 8.88. The van der Waals surface area contributed by atoms with E-state index < -0.39 is 29.6 Å².